The van der Waals surface area contributed by atoms with Crippen molar-refractivity contribution < 1.29 is 19.1 Å². The van der Waals surface area contributed by atoms with Gasteiger partial charge in [0.1, 0.15) is 5.60 Å². The number of aryl methyl sites for hydroxylation is 1. The summed E-state index contributed by atoms with van der Waals surface area (Å²) >= 11 is 0. The maximum absolute atomic E-state index is 12.6. The van der Waals surface area contributed by atoms with E-state index in [2.05, 4.69) is 0 Å². The number of fused-ring (bicyclic) bond motifs is 1. The van der Waals surface area contributed by atoms with Crippen LogP contribution < -0.4 is 0 Å². The van der Waals surface area contributed by atoms with Crippen LogP contribution in [-0.4, -0.2) is 41.3 Å². The van der Waals surface area contributed by atoms with Gasteiger partial charge in [0.25, 0.3) is 0 Å². The molecule has 2 rings (SSSR count). The average molecular weight is 360 g/mol. The van der Waals surface area contributed by atoms with E-state index in [0.29, 0.717) is 6.42 Å². The molecule has 6 nitrogen and oxygen atoms in total. The summed E-state index contributed by atoms with van der Waals surface area (Å²) in [6, 6.07) is 7.71. The molecule has 0 bridgehead atoms. The molecule has 0 fully saturated rings. The number of para-hydroxylation sites is 1. The molecule has 1 aromatic carbocycles. The van der Waals surface area contributed by atoms with Crippen molar-refractivity contribution in [1.29, 1.82) is 0 Å². The molecule has 0 N–H and O–H groups in total. The second kappa shape index (κ2) is 7.81. The molecule has 0 aliphatic carbocycles. The summed E-state index contributed by atoms with van der Waals surface area (Å²) in [5.74, 6) is -0.298. The molecule has 0 aliphatic heterocycles. The van der Waals surface area contributed by atoms with Gasteiger partial charge in [0.05, 0.1) is 13.2 Å². The van der Waals surface area contributed by atoms with Crippen LogP contribution in [0.5, 0.6) is 0 Å². The molecule has 0 saturated carbocycles. The van der Waals surface area contributed by atoms with Crippen LogP contribution in [0.3, 0.4) is 0 Å². The van der Waals surface area contributed by atoms with Gasteiger partial charge in [-0.3, -0.25) is 4.79 Å². The highest BCUT2D eigenvalue weighted by molar-refractivity contribution is 5.85. The lowest BCUT2D eigenvalue weighted by Gasteiger charge is -2.30. The van der Waals surface area contributed by atoms with Gasteiger partial charge in [-0.25, -0.2) is 4.79 Å². The zero-order valence-electron chi connectivity index (χ0n) is 16.4. The van der Waals surface area contributed by atoms with Crippen LogP contribution in [0.1, 0.15) is 45.2 Å². The van der Waals surface area contributed by atoms with Crippen molar-refractivity contribution in [1.82, 2.24) is 9.47 Å². The molecular formula is C20H28N2O4. The number of carbonyl (C=O) groups excluding carboxylic acids is 2. The fourth-order valence-corrected chi connectivity index (χ4v) is 3.01. The fourth-order valence-electron chi connectivity index (χ4n) is 3.01. The summed E-state index contributed by atoms with van der Waals surface area (Å²) < 4.78 is 12.3. The molecule has 1 amide bonds. The highest BCUT2D eigenvalue weighted by Crippen LogP contribution is 2.33. The van der Waals surface area contributed by atoms with Gasteiger partial charge in [-0.1, -0.05) is 18.2 Å². The first-order valence-electron chi connectivity index (χ1n) is 8.70. The van der Waals surface area contributed by atoms with Crippen molar-refractivity contribution in [2.24, 2.45) is 7.05 Å². The Labute approximate surface area is 154 Å². The fraction of sp³-hybridized carbons (Fsp3) is 0.500. The summed E-state index contributed by atoms with van der Waals surface area (Å²) in [4.78, 5) is 25.9. The zero-order valence-corrected chi connectivity index (χ0v) is 16.4. The van der Waals surface area contributed by atoms with Crippen LogP contribution in [0.15, 0.2) is 30.5 Å². The molecule has 0 aliphatic rings. The lowest BCUT2D eigenvalue weighted by Crippen LogP contribution is -2.37. The van der Waals surface area contributed by atoms with Crippen molar-refractivity contribution in [3.8, 4) is 0 Å². The maximum atomic E-state index is 12.6. The minimum atomic E-state index is -0.586. The number of aromatic nitrogens is 1. The van der Waals surface area contributed by atoms with Gasteiger partial charge in [0.2, 0.25) is 0 Å². The summed E-state index contributed by atoms with van der Waals surface area (Å²) in [7, 11) is 5.04. The van der Waals surface area contributed by atoms with Crippen molar-refractivity contribution in [2.45, 2.75) is 45.3 Å². The Morgan fingerprint density at radius 3 is 2.50 bits per heavy atom. The second-order valence-corrected chi connectivity index (χ2v) is 7.43. The van der Waals surface area contributed by atoms with E-state index < -0.39 is 11.7 Å². The van der Waals surface area contributed by atoms with Crippen molar-refractivity contribution in [3.63, 3.8) is 0 Å². The van der Waals surface area contributed by atoms with Gasteiger partial charge in [0.15, 0.2) is 0 Å². The lowest BCUT2D eigenvalue weighted by molar-refractivity contribution is -0.141. The maximum Gasteiger partial charge on any atom is 0.410 e. The largest absolute Gasteiger partial charge is 0.469 e. The Kier molecular flexibility index (Phi) is 5.95. The molecule has 2 aromatic rings. The number of esters is 1. The molecule has 0 radical (unpaired) electrons. The Morgan fingerprint density at radius 2 is 1.88 bits per heavy atom. The monoisotopic (exact) mass is 360 g/mol. The third-order valence-corrected chi connectivity index (χ3v) is 4.29. The van der Waals surface area contributed by atoms with Gasteiger partial charge in [0, 0.05) is 43.2 Å². The number of amides is 1. The third kappa shape index (κ3) is 4.56. The Hall–Kier alpha value is -2.50. The molecule has 1 heterocycles. The molecule has 0 saturated heterocycles. The number of methoxy groups -OCH3 is 1. The first-order valence-corrected chi connectivity index (χ1v) is 8.70. The van der Waals surface area contributed by atoms with Crippen molar-refractivity contribution in [3.05, 3.63) is 36.0 Å². The van der Waals surface area contributed by atoms with E-state index in [1.807, 2.05) is 62.8 Å². The number of nitrogens with zero attached hydrogens (tertiary/aromatic N) is 2. The lowest BCUT2D eigenvalue weighted by atomic mass is 10.00. The number of benzene rings is 1. The summed E-state index contributed by atoms with van der Waals surface area (Å²) in [6.45, 7) is 5.50. The van der Waals surface area contributed by atoms with E-state index in [1.165, 1.54) is 7.11 Å². The summed E-state index contributed by atoms with van der Waals surface area (Å²) in [6.07, 6.45) is 2.27. The topological polar surface area (TPSA) is 60.8 Å². The molecule has 1 unspecified atom stereocenters. The summed E-state index contributed by atoms with van der Waals surface area (Å²) in [5.41, 5.74) is 1.47. The van der Waals surface area contributed by atoms with Crippen LogP contribution in [0.4, 0.5) is 4.79 Å². The minimum absolute atomic E-state index is 0.220. The second-order valence-electron chi connectivity index (χ2n) is 7.43. The summed E-state index contributed by atoms with van der Waals surface area (Å²) in [5, 5.41) is 1.06. The molecule has 0 spiro atoms. The molecule has 142 valence electrons. The standard InChI is InChI=1S/C20H28N2O4/c1-20(2,3)26-19(24)22(5)17(11-12-18(23)25-6)15-13-21(4)16-10-8-7-9-14(15)16/h7-10,13,17H,11-12H2,1-6H3. The van der Waals surface area contributed by atoms with Crippen LogP contribution in [0.25, 0.3) is 10.9 Å². The van der Waals surface area contributed by atoms with E-state index in [9.17, 15) is 9.59 Å². The molecular weight excluding hydrogens is 332 g/mol. The molecule has 1 atom stereocenters. The average Bonchev–Trinajstić information content (AvgIpc) is 2.90. The quantitative estimate of drug-likeness (QED) is 0.755. The first-order chi connectivity index (χ1) is 12.1. The molecule has 6 heteroatoms. The van der Waals surface area contributed by atoms with Crippen LogP contribution >= 0.6 is 0 Å². The number of hydrogen-bond acceptors (Lipinski definition) is 4. The van der Waals surface area contributed by atoms with E-state index >= 15 is 0 Å². The van der Waals surface area contributed by atoms with Gasteiger partial charge in [-0.2, -0.15) is 0 Å². The molecule has 1 aromatic heterocycles. The number of rotatable bonds is 5. The van der Waals surface area contributed by atoms with Crippen molar-refractivity contribution in [2.75, 3.05) is 14.2 Å². The first kappa shape index (κ1) is 19.8. The number of ether oxygens (including phenoxy) is 2. The van der Waals surface area contributed by atoms with Gasteiger partial charge in [-0.05, 0) is 33.3 Å². The van der Waals surface area contributed by atoms with Gasteiger partial charge < -0.3 is 18.9 Å². The highest BCUT2D eigenvalue weighted by Gasteiger charge is 2.29. The van der Waals surface area contributed by atoms with Crippen LogP contribution in [-0.2, 0) is 21.3 Å². The van der Waals surface area contributed by atoms with E-state index in [1.54, 1.807) is 11.9 Å². The zero-order chi connectivity index (χ0) is 19.5. The minimum Gasteiger partial charge on any atom is -0.469 e. The normalized spacial score (nSPS) is 12.7. The van der Waals surface area contributed by atoms with Crippen LogP contribution in [0, 0.1) is 0 Å². The Morgan fingerprint density at radius 1 is 1.23 bits per heavy atom. The van der Waals surface area contributed by atoms with E-state index in [0.717, 1.165) is 16.5 Å². The van der Waals surface area contributed by atoms with Crippen LogP contribution in [0.2, 0.25) is 0 Å². The Bertz CT molecular complexity index is 789. The van der Waals surface area contributed by atoms with Gasteiger partial charge in [-0.15, -0.1) is 0 Å². The third-order valence-electron chi connectivity index (χ3n) is 4.29. The number of hydrogen-bond donors (Lipinski definition) is 0. The van der Waals surface area contributed by atoms with E-state index in [4.69, 9.17) is 9.47 Å². The molecule has 26 heavy (non-hydrogen) atoms. The van der Waals surface area contributed by atoms with Gasteiger partial charge >= 0.3 is 12.1 Å². The predicted molar refractivity (Wildman–Crippen MR) is 101 cm³/mol. The van der Waals surface area contributed by atoms with E-state index in [-0.39, 0.29) is 18.4 Å². The number of carbonyl (C=O) groups is 2. The smallest absolute Gasteiger partial charge is 0.410 e. The SMILES string of the molecule is COC(=O)CCC(c1cn(C)c2ccccc12)N(C)C(=O)OC(C)(C)C. The highest BCUT2D eigenvalue weighted by atomic mass is 16.6. The van der Waals surface area contributed by atoms with Crippen molar-refractivity contribution >= 4 is 23.0 Å². The Balaban J connectivity index is 2.39. The predicted octanol–water partition coefficient (Wildman–Crippen LogP) is 4.04.